The van der Waals surface area contributed by atoms with Crippen molar-refractivity contribution in [3.05, 3.63) is 0 Å². The monoisotopic (exact) mass is 200 g/mol. The number of piperidine rings is 1. The maximum absolute atomic E-state index is 10.9. The zero-order valence-electron chi connectivity index (χ0n) is 8.11. The standard InChI is InChI=1S/C9H16N2O3/c10-9(14)7-2-1-4-11(6-7)5-3-8(12)13/h7H,1-6H2,(H2,10,14)(H,12,13)/t7-/m0/s1. The number of carboxylic acid groups (broad SMARTS) is 1. The van der Waals surface area contributed by atoms with Gasteiger partial charge in [-0.3, -0.25) is 9.59 Å². The highest BCUT2D eigenvalue weighted by atomic mass is 16.4. The molecule has 0 aliphatic carbocycles. The van der Waals surface area contributed by atoms with E-state index in [2.05, 4.69) is 0 Å². The number of nitrogens with two attached hydrogens (primary N) is 1. The molecule has 0 radical (unpaired) electrons. The van der Waals surface area contributed by atoms with Gasteiger partial charge in [-0.05, 0) is 19.4 Å². The maximum Gasteiger partial charge on any atom is 0.304 e. The summed E-state index contributed by atoms with van der Waals surface area (Å²) in [6.07, 6.45) is 1.89. The van der Waals surface area contributed by atoms with Crippen LogP contribution in [0.1, 0.15) is 19.3 Å². The predicted octanol–water partition coefficient (Wildman–Crippen LogP) is -0.342. The molecular weight excluding hydrogens is 184 g/mol. The number of likely N-dealkylation sites (tertiary alicyclic amines) is 1. The molecule has 1 rings (SSSR count). The second kappa shape index (κ2) is 4.95. The molecule has 14 heavy (non-hydrogen) atoms. The normalized spacial score (nSPS) is 23.3. The van der Waals surface area contributed by atoms with Crippen molar-refractivity contribution in [2.24, 2.45) is 11.7 Å². The van der Waals surface area contributed by atoms with E-state index in [0.717, 1.165) is 19.4 Å². The highest BCUT2D eigenvalue weighted by Crippen LogP contribution is 2.15. The molecule has 1 fully saturated rings. The molecule has 0 bridgehead atoms. The molecule has 1 amide bonds. The lowest BCUT2D eigenvalue weighted by Gasteiger charge is -2.30. The van der Waals surface area contributed by atoms with Crippen LogP contribution in [-0.4, -0.2) is 41.5 Å². The van der Waals surface area contributed by atoms with Crippen LogP contribution in [0, 0.1) is 5.92 Å². The summed E-state index contributed by atoms with van der Waals surface area (Å²) in [6, 6.07) is 0. The smallest absolute Gasteiger partial charge is 0.304 e. The molecule has 0 unspecified atom stereocenters. The zero-order valence-corrected chi connectivity index (χ0v) is 8.11. The van der Waals surface area contributed by atoms with Crippen molar-refractivity contribution in [2.45, 2.75) is 19.3 Å². The third-order valence-electron chi connectivity index (χ3n) is 2.55. The minimum absolute atomic E-state index is 0.0995. The van der Waals surface area contributed by atoms with E-state index in [4.69, 9.17) is 10.8 Å². The molecule has 1 heterocycles. The van der Waals surface area contributed by atoms with Crippen LogP contribution in [0.2, 0.25) is 0 Å². The molecule has 80 valence electrons. The number of aliphatic carboxylic acids is 1. The first-order valence-corrected chi connectivity index (χ1v) is 4.83. The van der Waals surface area contributed by atoms with Crippen LogP contribution < -0.4 is 5.73 Å². The Morgan fingerprint density at radius 2 is 2.21 bits per heavy atom. The van der Waals surface area contributed by atoms with E-state index >= 15 is 0 Å². The Labute approximate surface area is 82.9 Å². The van der Waals surface area contributed by atoms with E-state index in [1.165, 1.54) is 0 Å². The fraction of sp³-hybridized carbons (Fsp3) is 0.778. The summed E-state index contributed by atoms with van der Waals surface area (Å²) in [4.78, 5) is 23.2. The number of amides is 1. The van der Waals surface area contributed by atoms with E-state index in [9.17, 15) is 9.59 Å². The van der Waals surface area contributed by atoms with Crippen molar-refractivity contribution in [3.63, 3.8) is 0 Å². The van der Waals surface area contributed by atoms with Crippen molar-refractivity contribution in [1.29, 1.82) is 0 Å². The van der Waals surface area contributed by atoms with Gasteiger partial charge in [-0.25, -0.2) is 0 Å². The van der Waals surface area contributed by atoms with Crippen molar-refractivity contribution >= 4 is 11.9 Å². The van der Waals surface area contributed by atoms with E-state index < -0.39 is 5.97 Å². The van der Waals surface area contributed by atoms with E-state index in [0.29, 0.717) is 13.1 Å². The highest BCUT2D eigenvalue weighted by Gasteiger charge is 2.23. The van der Waals surface area contributed by atoms with Crippen LogP contribution in [0.25, 0.3) is 0 Å². The Bertz CT molecular complexity index is 230. The average Bonchev–Trinajstić information content (AvgIpc) is 2.15. The lowest BCUT2D eigenvalue weighted by molar-refractivity contribution is -0.137. The number of nitrogens with zero attached hydrogens (tertiary/aromatic N) is 1. The molecule has 0 spiro atoms. The summed E-state index contributed by atoms with van der Waals surface area (Å²) in [5.41, 5.74) is 5.20. The van der Waals surface area contributed by atoms with Crippen molar-refractivity contribution < 1.29 is 14.7 Å². The summed E-state index contributed by atoms with van der Waals surface area (Å²) in [5, 5.41) is 8.50. The molecule has 1 saturated heterocycles. The lowest BCUT2D eigenvalue weighted by atomic mass is 9.97. The fourth-order valence-electron chi connectivity index (χ4n) is 1.74. The third kappa shape index (κ3) is 3.33. The number of carboxylic acids is 1. The van der Waals surface area contributed by atoms with Gasteiger partial charge in [-0.1, -0.05) is 0 Å². The summed E-state index contributed by atoms with van der Waals surface area (Å²) in [7, 11) is 0. The Morgan fingerprint density at radius 1 is 1.50 bits per heavy atom. The first kappa shape index (κ1) is 11.0. The molecule has 1 atom stereocenters. The van der Waals surface area contributed by atoms with Gasteiger partial charge in [0.2, 0.25) is 5.91 Å². The van der Waals surface area contributed by atoms with E-state index in [1.54, 1.807) is 0 Å². The van der Waals surface area contributed by atoms with Crippen LogP contribution >= 0.6 is 0 Å². The Balaban J connectivity index is 2.32. The van der Waals surface area contributed by atoms with Crippen LogP contribution in [0.15, 0.2) is 0 Å². The Hall–Kier alpha value is -1.10. The molecule has 3 N–H and O–H groups in total. The Kier molecular flexibility index (Phi) is 3.88. The topological polar surface area (TPSA) is 83.6 Å². The quantitative estimate of drug-likeness (QED) is 0.650. The molecule has 5 heteroatoms. The van der Waals surface area contributed by atoms with E-state index in [-0.39, 0.29) is 18.2 Å². The van der Waals surface area contributed by atoms with E-state index in [1.807, 2.05) is 4.90 Å². The van der Waals surface area contributed by atoms with Gasteiger partial charge in [-0.15, -0.1) is 0 Å². The number of rotatable bonds is 4. The van der Waals surface area contributed by atoms with Crippen LogP contribution in [0.5, 0.6) is 0 Å². The van der Waals surface area contributed by atoms with Crippen molar-refractivity contribution in [3.8, 4) is 0 Å². The number of carbonyl (C=O) groups is 2. The van der Waals surface area contributed by atoms with Crippen LogP contribution in [0.4, 0.5) is 0 Å². The zero-order chi connectivity index (χ0) is 10.6. The third-order valence-corrected chi connectivity index (χ3v) is 2.55. The lowest BCUT2D eigenvalue weighted by Crippen LogP contribution is -2.41. The average molecular weight is 200 g/mol. The van der Waals surface area contributed by atoms with Crippen molar-refractivity contribution in [2.75, 3.05) is 19.6 Å². The van der Waals surface area contributed by atoms with Crippen LogP contribution in [-0.2, 0) is 9.59 Å². The van der Waals surface area contributed by atoms with Gasteiger partial charge >= 0.3 is 5.97 Å². The van der Waals surface area contributed by atoms with Crippen molar-refractivity contribution in [1.82, 2.24) is 4.90 Å². The second-order valence-corrected chi connectivity index (χ2v) is 3.69. The number of carbonyl (C=O) groups excluding carboxylic acids is 1. The summed E-state index contributed by atoms with van der Waals surface area (Å²) in [6.45, 7) is 2.00. The predicted molar refractivity (Wildman–Crippen MR) is 50.6 cm³/mol. The van der Waals surface area contributed by atoms with Gasteiger partial charge in [0.05, 0.1) is 12.3 Å². The molecule has 0 aromatic carbocycles. The summed E-state index contributed by atoms with van der Waals surface area (Å²) >= 11 is 0. The minimum Gasteiger partial charge on any atom is -0.481 e. The van der Waals surface area contributed by atoms with Gasteiger partial charge in [0, 0.05) is 13.1 Å². The first-order valence-electron chi connectivity index (χ1n) is 4.83. The van der Waals surface area contributed by atoms with Gasteiger partial charge in [-0.2, -0.15) is 0 Å². The van der Waals surface area contributed by atoms with Gasteiger partial charge < -0.3 is 15.7 Å². The highest BCUT2D eigenvalue weighted by molar-refractivity contribution is 5.77. The van der Waals surface area contributed by atoms with Crippen LogP contribution in [0.3, 0.4) is 0 Å². The fourth-order valence-corrected chi connectivity index (χ4v) is 1.74. The summed E-state index contributed by atoms with van der Waals surface area (Å²) in [5.74, 6) is -1.17. The Morgan fingerprint density at radius 3 is 2.79 bits per heavy atom. The largest absolute Gasteiger partial charge is 0.481 e. The molecular formula is C9H16N2O3. The van der Waals surface area contributed by atoms with Gasteiger partial charge in [0.15, 0.2) is 0 Å². The number of hydrogen-bond acceptors (Lipinski definition) is 3. The minimum atomic E-state index is -0.800. The maximum atomic E-state index is 10.9. The van der Waals surface area contributed by atoms with Gasteiger partial charge in [0.1, 0.15) is 0 Å². The molecule has 1 aliphatic heterocycles. The number of hydrogen-bond donors (Lipinski definition) is 2. The molecule has 0 aromatic heterocycles. The first-order chi connectivity index (χ1) is 6.59. The van der Waals surface area contributed by atoms with Gasteiger partial charge in [0.25, 0.3) is 0 Å². The second-order valence-electron chi connectivity index (χ2n) is 3.69. The molecule has 0 saturated carbocycles. The molecule has 1 aliphatic rings. The SMILES string of the molecule is NC(=O)[C@H]1CCCN(CCC(=O)O)C1. The molecule has 5 nitrogen and oxygen atoms in total. The number of primary amides is 1. The summed E-state index contributed by atoms with van der Waals surface area (Å²) < 4.78 is 0. The molecule has 0 aromatic rings.